The lowest BCUT2D eigenvalue weighted by molar-refractivity contribution is -0.119. The van der Waals surface area contributed by atoms with Crippen molar-refractivity contribution in [2.45, 2.75) is 32.1 Å². The first-order valence-corrected chi connectivity index (χ1v) is 9.94. The molecule has 1 aromatic carbocycles. The Kier molecular flexibility index (Phi) is 5.21. The van der Waals surface area contributed by atoms with Gasteiger partial charge in [0, 0.05) is 19.0 Å². The number of nitriles is 1. The molecule has 2 unspecified atom stereocenters. The minimum Gasteiger partial charge on any atom is -0.494 e. The van der Waals surface area contributed by atoms with Gasteiger partial charge in [-0.15, -0.1) is 0 Å². The van der Waals surface area contributed by atoms with Crippen LogP contribution in [-0.4, -0.2) is 35.6 Å². The van der Waals surface area contributed by atoms with Crippen molar-refractivity contribution >= 4 is 17.7 Å². The summed E-state index contributed by atoms with van der Waals surface area (Å²) in [6.07, 6.45) is 3.24. The van der Waals surface area contributed by atoms with Gasteiger partial charge >= 0.3 is 0 Å². The maximum Gasteiger partial charge on any atom is 0.258 e. The first kappa shape index (κ1) is 19.0. The highest BCUT2D eigenvalue weighted by atomic mass is 16.5. The molecule has 1 aromatic heterocycles. The highest BCUT2D eigenvalue weighted by Crippen LogP contribution is 2.38. The van der Waals surface area contributed by atoms with Crippen LogP contribution >= 0.6 is 0 Å². The number of nitrogens with zero attached hydrogens (tertiary/aromatic N) is 3. The summed E-state index contributed by atoms with van der Waals surface area (Å²) in [7, 11) is 0. The lowest BCUT2D eigenvalue weighted by Crippen LogP contribution is -2.40. The molecule has 1 amide bonds. The van der Waals surface area contributed by atoms with Crippen LogP contribution < -0.4 is 20.5 Å². The maximum absolute atomic E-state index is 13.0. The third-order valence-electron chi connectivity index (χ3n) is 5.46. The van der Waals surface area contributed by atoms with Gasteiger partial charge in [-0.25, -0.2) is 0 Å². The van der Waals surface area contributed by atoms with Crippen LogP contribution in [0.5, 0.6) is 5.75 Å². The van der Waals surface area contributed by atoms with Crippen molar-refractivity contribution in [1.29, 1.82) is 5.26 Å². The van der Waals surface area contributed by atoms with Crippen molar-refractivity contribution in [3.05, 3.63) is 45.7 Å². The molecule has 3 heterocycles. The van der Waals surface area contributed by atoms with Gasteiger partial charge in [0.15, 0.2) is 0 Å². The topological polar surface area (TPSA) is 111 Å². The van der Waals surface area contributed by atoms with Crippen molar-refractivity contribution in [2.75, 3.05) is 29.9 Å². The molecular formula is C21H23N5O3. The van der Waals surface area contributed by atoms with E-state index in [9.17, 15) is 14.9 Å². The Balaban J connectivity index is 1.78. The second-order valence-electron chi connectivity index (χ2n) is 7.28. The van der Waals surface area contributed by atoms with Crippen LogP contribution in [0.25, 0.3) is 0 Å². The molecule has 2 aromatic rings. The number of amides is 1. The first-order valence-electron chi connectivity index (χ1n) is 9.94. The Labute approximate surface area is 168 Å². The average molecular weight is 393 g/mol. The van der Waals surface area contributed by atoms with Crippen molar-refractivity contribution in [1.82, 2.24) is 9.97 Å². The van der Waals surface area contributed by atoms with Crippen molar-refractivity contribution < 1.29 is 9.53 Å². The molecule has 150 valence electrons. The van der Waals surface area contributed by atoms with Gasteiger partial charge in [0.1, 0.15) is 17.5 Å². The third kappa shape index (κ3) is 3.56. The lowest BCUT2D eigenvalue weighted by atomic mass is 9.79. The van der Waals surface area contributed by atoms with E-state index in [0.29, 0.717) is 29.4 Å². The predicted octanol–water partition coefficient (Wildman–Crippen LogP) is 2.38. The summed E-state index contributed by atoms with van der Waals surface area (Å²) in [5, 5.41) is 12.3. The summed E-state index contributed by atoms with van der Waals surface area (Å²) in [6.45, 7) is 4.07. The minimum absolute atomic E-state index is 0.240. The molecule has 2 N–H and O–H groups in total. The largest absolute Gasteiger partial charge is 0.494 e. The Hall–Kier alpha value is -3.34. The number of carbonyl (C=O) groups is 1. The number of fused-ring (bicyclic) bond motifs is 1. The molecule has 1 saturated heterocycles. The molecule has 0 bridgehead atoms. The zero-order chi connectivity index (χ0) is 20.4. The number of hydrogen-bond donors (Lipinski definition) is 2. The summed E-state index contributed by atoms with van der Waals surface area (Å²) >= 11 is 0. The van der Waals surface area contributed by atoms with E-state index in [1.165, 1.54) is 0 Å². The fourth-order valence-corrected chi connectivity index (χ4v) is 4.05. The van der Waals surface area contributed by atoms with E-state index in [1.807, 2.05) is 11.8 Å². The van der Waals surface area contributed by atoms with Gasteiger partial charge in [0.05, 0.1) is 18.2 Å². The second kappa shape index (κ2) is 7.95. The molecule has 8 heteroatoms. The van der Waals surface area contributed by atoms with Gasteiger partial charge in [-0.2, -0.15) is 10.2 Å². The molecule has 0 radical (unpaired) electrons. The van der Waals surface area contributed by atoms with Crippen LogP contribution in [0.4, 0.5) is 11.8 Å². The Bertz CT molecular complexity index is 1000. The highest BCUT2D eigenvalue weighted by molar-refractivity contribution is 5.98. The van der Waals surface area contributed by atoms with Gasteiger partial charge in [-0.05, 0) is 43.9 Å². The summed E-state index contributed by atoms with van der Waals surface area (Å²) in [6, 6.07) is 9.20. The number of nitrogens with one attached hydrogen (secondary N) is 2. The second-order valence-corrected chi connectivity index (χ2v) is 7.28. The highest BCUT2D eigenvalue weighted by Gasteiger charge is 2.40. The summed E-state index contributed by atoms with van der Waals surface area (Å²) in [5.74, 6) is -0.742. The molecule has 2 atom stereocenters. The number of anilines is 2. The zero-order valence-corrected chi connectivity index (χ0v) is 16.3. The summed E-state index contributed by atoms with van der Waals surface area (Å²) in [5.41, 5.74) is 0.699. The zero-order valence-electron chi connectivity index (χ0n) is 16.3. The molecule has 29 heavy (non-hydrogen) atoms. The number of aromatic amines is 1. The van der Waals surface area contributed by atoms with Crippen molar-refractivity contribution in [3.8, 4) is 11.8 Å². The van der Waals surface area contributed by atoms with Gasteiger partial charge in [-0.3, -0.25) is 14.6 Å². The number of benzene rings is 1. The molecule has 2 aliphatic rings. The summed E-state index contributed by atoms with van der Waals surface area (Å²) in [4.78, 5) is 35.1. The lowest BCUT2D eigenvalue weighted by Gasteiger charge is -2.31. The molecular weight excluding hydrogens is 370 g/mol. The SMILES string of the molecule is CCOc1ccc(C2c3c(nc(N4CCCCC4)[nH]c3=O)NC(=O)C2C#N)cc1. The van der Waals surface area contributed by atoms with Crippen LogP contribution in [0.15, 0.2) is 29.1 Å². The average Bonchev–Trinajstić information content (AvgIpc) is 2.74. The number of ether oxygens (including phenoxy) is 1. The monoisotopic (exact) mass is 393 g/mol. The van der Waals surface area contributed by atoms with Crippen LogP contribution in [0, 0.1) is 17.2 Å². The fourth-order valence-electron chi connectivity index (χ4n) is 4.05. The van der Waals surface area contributed by atoms with Crippen LogP contribution in [0.2, 0.25) is 0 Å². The van der Waals surface area contributed by atoms with E-state index in [2.05, 4.69) is 21.4 Å². The van der Waals surface area contributed by atoms with Gasteiger partial charge < -0.3 is 15.0 Å². The number of H-pyrrole nitrogens is 1. The smallest absolute Gasteiger partial charge is 0.258 e. The van der Waals surface area contributed by atoms with E-state index in [4.69, 9.17) is 4.74 Å². The Morgan fingerprint density at radius 2 is 1.93 bits per heavy atom. The Morgan fingerprint density at radius 3 is 2.59 bits per heavy atom. The third-order valence-corrected chi connectivity index (χ3v) is 5.46. The number of piperidine rings is 1. The predicted molar refractivity (Wildman–Crippen MR) is 108 cm³/mol. The van der Waals surface area contributed by atoms with E-state index < -0.39 is 17.7 Å². The molecule has 8 nitrogen and oxygen atoms in total. The van der Waals surface area contributed by atoms with Crippen LogP contribution in [0.1, 0.15) is 43.2 Å². The Morgan fingerprint density at radius 1 is 1.21 bits per heavy atom. The number of rotatable bonds is 4. The van der Waals surface area contributed by atoms with Crippen LogP contribution in [0.3, 0.4) is 0 Å². The maximum atomic E-state index is 13.0. The fraction of sp³-hybridized carbons (Fsp3) is 0.429. The van der Waals surface area contributed by atoms with E-state index in [1.54, 1.807) is 24.3 Å². The van der Waals surface area contributed by atoms with E-state index >= 15 is 0 Å². The number of carbonyl (C=O) groups excluding carboxylic acids is 1. The van der Waals surface area contributed by atoms with Gasteiger partial charge in [0.2, 0.25) is 11.9 Å². The molecule has 1 fully saturated rings. The molecule has 0 aliphatic carbocycles. The normalized spacial score (nSPS) is 21.1. The summed E-state index contributed by atoms with van der Waals surface area (Å²) < 4.78 is 5.47. The number of hydrogen-bond acceptors (Lipinski definition) is 6. The molecule has 4 rings (SSSR count). The van der Waals surface area contributed by atoms with E-state index in [0.717, 1.165) is 32.4 Å². The minimum atomic E-state index is -1.01. The number of aromatic nitrogens is 2. The first-order chi connectivity index (χ1) is 14.1. The standard InChI is InChI=1S/C21H23N5O3/c1-2-29-14-8-6-13(7-9-14)16-15(12-22)19(27)23-18-17(16)20(28)25-21(24-18)26-10-4-3-5-11-26/h6-9,15-16H,2-5,10-11H2,1H3,(H2,23,24,25,27,28). The van der Waals surface area contributed by atoms with E-state index in [-0.39, 0.29) is 11.4 Å². The quantitative estimate of drug-likeness (QED) is 0.825. The van der Waals surface area contributed by atoms with Crippen molar-refractivity contribution in [2.24, 2.45) is 5.92 Å². The van der Waals surface area contributed by atoms with Gasteiger partial charge in [0.25, 0.3) is 5.56 Å². The van der Waals surface area contributed by atoms with Crippen molar-refractivity contribution in [3.63, 3.8) is 0 Å². The molecule has 0 saturated carbocycles. The molecule has 0 spiro atoms. The molecule has 2 aliphatic heterocycles. The van der Waals surface area contributed by atoms with Gasteiger partial charge in [-0.1, -0.05) is 12.1 Å². The van der Waals surface area contributed by atoms with Crippen LogP contribution in [-0.2, 0) is 4.79 Å².